The summed E-state index contributed by atoms with van der Waals surface area (Å²) in [5, 5.41) is 12.1. The van der Waals surface area contributed by atoms with Crippen molar-refractivity contribution in [2.75, 3.05) is 6.54 Å². The van der Waals surface area contributed by atoms with Gasteiger partial charge in [-0.05, 0) is 19.8 Å². The second-order valence-corrected chi connectivity index (χ2v) is 5.46. The molecule has 1 amide bonds. The monoisotopic (exact) mass is 256 g/mol. The maximum absolute atomic E-state index is 11.8. The Morgan fingerprint density at radius 2 is 2.12 bits per heavy atom. The molecule has 0 aromatic carbocycles. The van der Waals surface area contributed by atoms with Crippen molar-refractivity contribution in [1.29, 1.82) is 0 Å². The van der Waals surface area contributed by atoms with E-state index in [1.807, 2.05) is 13.8 Å². The van der Waals surface area contributed by atoms with Gasteiger partial charge in [-0.15, -0.1) is 11.3 Å². The van der Waals surface area contributed by atoms with Gasteiger partial charge in [-0.25, -0.2) is 4.98 Å². The molecule has 0 radical (unpaired) electrons. The summed E-state index contributed by atoms with van der Waals surface area (Å²) < 4.78 is 0. The highest BCUT2D eigenvalue weighted by Gasteiger charge is 2.15. The number of aromatic nitrogens is 1. The summed E-state index contributed by atoms with van der Waals surface area (Å²) in [5.74, 6) is -1.17. The van der Waals surface area contributed by atoms with Crippen LogP contribution in [0.3, 0.4) is 0 Å². The van der Waals surface area contributed by atoms with Gasteiger partial charge >= 0.3 is 5.97 Å². The van der Waals surface area contributed by atoms with Crippen molar-refractivity contribution in [3.63, 3.8) is 0 Å². The Kier molecular flexibility index (Phi) is 4.62. The molecule has 6 heteroatoms. The molecule has 2 N–H and O–H groups in total. The molecule has 0 spiro atoms. The highest BCUT2D eigenvalue weighted by Crippen LogP contribution is 2.16. The number of thiazole rings is 1. The number of amides is 1. The number of carboxylic acids is 1. The van der Waals surface area contributed by atoms with Crippen molar-refractivity contribution in [1.82, 2.24) is 10.3 Å². The lowest BCUT2D eigenvalue weighted by atomic mass is 10.1. The fourth-order valence-electron chi connectivity index (χ4n) is 1.46. The minimum Gasteiger partial charge on any atom is -0.481 e. The van der Waals surface area contributed by atoms with Crippen molar-refractivity contribution in [3.05, 3.63) is 15.6 Å². The average Bonchev–Trinajstić information content (AvgIpc) is 2.53. The number of carbonyl (C=O) groups excluding carboxylic acids is 1. The summed E-state index contributed by atoms with van der Waals surface area (Å²) in [6, 6.07) is 0. The Morgan fingerprint density at radius 1 is 1.47 bits per heavy atom. The molecule has 5 nitrogen and oxygen atoms in total. The number of aliphatic carboxylic acids is 1. The summed E-state index contributed by atoms with van der Waals surface area (Å²) in [5.41, 5.74) is 0.440. The third-order valence-electron chi connectivity index (χ3n) is 2.25. The van der Waals surface area contributed by atoms with Crippen molar-refractivity contribution in [3.8, 4) is 0 Å². The second-order valence-electron chi connectivity index (χ2n) is 4.05. The lowest BCUT2D eigenvalue weighted by Crippen LogP contribution is -2.29. The maximum Gasteiger partial charge on any atom is 0.303 e. The second kappa shape index (κ2) is 5.77. The lowest BCUT2D eigenvalue weighted by Gasteiger charge is -2.09. The smallest absolute Gasteiger partial charge is 0.303 e. The first-order valence-corrected chi connectivity index (χ1v) is 6.15. The number of carbonyl (C=O) groups is 2. The minimum absolute atomic E-state index is 0.0509. The van der Waals surface area contributed by atoms with Crippen LogP contribution in [0.2, 0.25) is 0 Å². The molecular weight excluding hydrogens is 240 g/mol. The predicted molar refractivity (Wildman–Crippen MR) is 65.3 cm³/mol. The zero-order valence-electron chi connectivity index (χ0n) is 10.1. The quantitative estimate of drug-likeness (QED) is 0.838. The van der Waals surface area contributed by atoms with E-state index in [1.165, 1.54) is 11.3 Å². The highest BCUT2D eigenvalue weighted by atomic mass is 32.1. The molecule has 1 rings (SSSR count). The molecule has 0 saturated heterocycles. The van der Waals surface area contributed by atoms with Crippen LogP contribution < -0.4 is 5.32 Å². The van der Waals surface area contributed by atoms with Gasteiger partial charge in [0.1, 0.15) is 5.69 Å². The number of nitrogens with one attached hydrogen (secondary N) is 1. The average molecular weight is 256 g/mol. The van der Waals surface area contributed by atoms with Crippen molar-refractivity contribution in [2.45, 2.75) is 27.2 Å². The normalized spacial score (nSPS) is 12.2. The Balaban J connectivity index is 2.50. The first kappa shape index (κ1) is 13.6. The minimum atomic E-state index is -0.854. The molecule has 94 valence electrons. The van der Waals surface area contributed by atoms with Crippen LogP contribution in [-0.4, -0.2) is 28.5 Å². The van der Waals surface area contributed by atoms with Crippen LogP contribution in [0.25, 0.3) is 0 Å². The molecule has 0 aliphatic rings. The molecule has 0 aliphatic heterocycles. The number of hydrogen-bond acceptors (Lipinski definition) is 4. The van der Waals surface area contributed by atoms with Gasteiger partial charge in [0.05, 0.1) is 5.01 Å². The Morgan fingerprint density at radius 3 is 2.59 bits per heavy atom. The zero-order chi connectivity index (χ0) is 13.0. The first-order valence-electron chi connectivity index (χ1n) is 5.34. The van der Waals surface area contributed by atoms with Gasteiger partial charge in [-0.3, -0.25) is 9.59 Å². The Labute approximate surface area is 104 Å². The largest absolute Gasteiger partial charge is 0.481 e. The summed E-state index contributed by atoms with van der Waals surface area (Å²) in [4.78, 5) is 27.2. The van der Waals surface area contributed by atoms with Gasteiger partial charge in [0.2, 0.25) is 0 Å². The SMILES string of the molecule is Cc1nc(C(=O)NCC(C)CC(=O)O)c(C)s1. The summed E-state index contributed by atoms with van der Waals surface area (Å²) in [6.45, 7) is 5.83. The molecule has 0 aliphatic carbocycles. The fraction of sp³-hybridized carbons (Fsp3) is 0.545. The van der Waals surface area contributed by atoms with E-state index in [0.717, 1.165) is 9.88 Å². The zero-order valence-corrected chi connectivity index (χ0v) is 10.9. The van der Waals surface area contributed by atoms with Gasteiger partial charge in [-0.1, -0.05) is 6.92 Å². The van der Waals surface area contributed by atoms with Crippen LogP contribution >= 0.6 is 11.3 Å². The molecule has 0 fully saturated rings. The van der Waals surface area contributed by atoms with Gasteiger partial charge in [-0.2, -0.15) is 0 Å². The molecule has 0 bridgehead atoms. The standard InChI is InChI=1S/C11H16N2O3S/c1-6(4-9(14)15)5-12-11(16)10-7(2)17-8(3)13-10/h6H,4-5H2,1-3H3,(H,12,16)(H,14,15). The topological polar surface area (TPSA) is 79.3 Å². The number of aryl methyl sites for hydroxylation is 2. The van der Waals surface area contributed by atoms with E-state index in [4.69, 9.17) is 5.11 Å². The van der Waals surface area contributed by atoms with E-state index in [0.29, 0.717) is 12.2 Å². The lowest BCUT2D eigenvalue weighted by molar-refractivity contribution is -0.137. The maximum atomic E-state index is 11.8. The summed E-state index contributed by atoms with van der Waals surface area (Å²) in [6.07, 6.45) is 0.0509. The fourth-order valence-corrected chi connectivity index (χ4v) is 2.28. The van der Waals surface area contributed by atoms with Crippen LogP contribution in [0, 0.1) is 19.8 Å². The molecule has 1 unspecified atom stereocenters. The molecule has 1 atom stereocenters. The van der Waals surface area contributed by atoms with Crippen LogP contribution in [0.4, 0.5) is 0 Å². The third-order valence-corrected chi connectivity index (χ3v) is 3.14. The number of nitrogens with zero attached hydrogens (tertiary/aromatic N) is 1. The van der Waals surface area contributed by atoms with E-state index in [2.05, 4.69) is 10.3 Å². The molecule has 1 aromatic rings. The number of rotatable bonds is 5. The van der Waals surface area contributed by atoms with Gasteiger partial charge < -0.3 is 10.4 Å². The summed E-state index contributed by atoms with van der Waals surface area (Å²) in [7, 11) is 0. The molecule has 17 heavy (non-hydrogen) atoms. The number of hydrogen-bond donors (Lipinski definition) is 2. The van der Waals surface area contributed by atoms with Crippen LogP contribution in [-0.2, 0) is 4.79 Å². The summed E-state index contributed by atoms with van der Waals surface area (Å²) >= 11 is 1.48. The predicted octanol–water partition coefficient (Wildman–Crippen LogP) is 1.60. The van der Waals surface area contributed by atoms with Crippen LogP contribution in [0.5, 0.6) is 0 Å². The van der Waals surface area contributed by atoms with Crippen LogP contribution in [0.1, 0.15) is 33.7 Å². The Bertz CT molecular complexity index is 428. The van der Waals surface area contributed by atoms with E-state index >= 15 is 0 Å². The van der Waals surface area contributed by atoms with Crippen molar-refractivity contribution >= 4 is 23.2 Å². The highest BCUT2D eigenvalue weighted by molar-refractivity contribution is 7.11. The Hall–Kier alpha value is -1.43. The van der Waals surface area contributed by atoms with E-state index < -0.39 is 5.97 Å². The van der Waals surface area contributed by atoms with Gasteiger partial charge in [0, 0.05) is 17.8 Å². The first-order chi connectivity index (χ1) is 7.90. The van der Waals surface area contributed by atoms with Gasteiger partial charge in [0.25, 0.3) is 5.91 Å². The van der Waals surface area contributed by atoms with Crippen LogP contribution in [0.15, 0.2) is 0 Å². The molecule has 1 aromatic heterocycles. The van der Waals surface area contributed by atoms with E-state index in [1.54, 1.807) is 6.92 Å². The molecule has 1 heterocycles. The van der Waals surface area contributed by atoms with Crippen molar-refractivity contribution < 1.29 is 14.7 Å². The third kappa shape index (κ3) is 4.14. The molecular formula is C11H16N2O3S. The van der Waals surface area contributed by atoms with E-state index in [9.17, 15) is 9.59 Å². The molecule has 0 saturated carbocycles. The number of carboxylic acid groups (broad SMARTS) is 1. The van der Waals surface area contributed by atoms with Crippen molar-refractivity contribution in [2.24, 2.45) is 5.92 Å². The van der Waals surface area contributed by atoms with Gasteiger partial charge in [0.15, 0.2) is 0 Å². The van der Waals surface area contributed by atoms with E-state index in [-0.39, 0.29) is 18.2 Å².